The van der Waals surface area contributed by atoms with Gasteiger partial charge in [-0.15, -0.1) is 0 Å². The minimum Gasteiger partial charge on any atom is -0.309 e. The molecule has 4 heterocycles. The van der Waals surface area contributed by atoms with Crippen molar-refractivity contribution in [1.82, 2.24) is 28.7 Å². The molecule has 0 bridgehead atoms. The number of hydrogen-bond acceptors (Lipinski definition) is 3. The molecule has 0 atom stereocenters. The van der Waals surface area contributed by atoms with Crippen LogP contribution in [0, 0.1) is 6.57 Å². The largest absolute Gasteiger partial charge is 0.309 e. The molecule has 12 aromatic rings. The lowest BCUT2D eigenvalue weighted by molar-refractivity contribution is 0.590. The number of hydrogen-bond donors (Lipinski definition) is 0. The smallest absolute Gasteiger partial charge is 0.238 e. The molecule has 0 aliphatic rings. The summed E-state index contributed by atoms with van der Waals surface area (Å²) in [4.78, 5) is 20.1. The molecule has 0 aliphatic heterocycles. The molecule has 0 amide bonds. The van der Waals surface area contributed by atoms with Gasteiger partial charge in [0.15, 0.2) is 17.3 Å². The maximum Gasteiger partial charge on any atom is 0.238 e. The summed E-state index contributed by atoms with van der Waals surface area (Å²) < 4.78 is 6.87. The number of fused-ring (bicyclic) bond motifs is 10. The molecule has 298 valence electrons. The lowest BCUT2D eigenvalue weighted by atomic mass is 9.86. The molecule has 0 aliphatic carbocycles. The van der Waals surface area contributed by atoms with Crippen molar-refractivity contribution in [3.8, 4) is 40.1 Å². The van der Waals surface area contributed by atoms with E-state index in [1.807, 2.05) is 12.1 Å². The number of para-hydroxylation sites is 5. The Morgan fingerprint density at radius 3 is 1.71 bits per heavy atom. The van der Waals surface area contributed by atoms with Crippen molar-refractivity contribution in [1.29, 1.82) is 0 Å². The van der Waals surface area contributed by atoms with Crippen molar-refractivity contribution in [2.75, 3.05) is 0 Å². The first-order valence-corrected chi connectivity index (χ1v) is 21.2. The molecule has 0 fully saturated rings. The van der Waals surface area contributed by atoms with Crippen LogP contribution in [0.2, 0.25) is 0 Å². The highest BCUT2D eigenvalue weighted by molar-refractivity contribution is 6.26. The van der Waals surface area contributed by atoms with Crippen LogP contribution in [0.4, 0.5) is 5.69 Å². The molecule has 63 heavy (non-hydrogen) atoms. The SMILES string of the molecule is [C-]#[N+]c1ccc(-n2c3ccccc3c3ccc4c(c5ccccc5n4-c4ccccc4)c32)c(-c2nc(-c3cccc(C(C)(C)C)c3)nc(-n3c4ccccc4c4ccccc43)n2)c1. The van der Waals surface area contributed by atoms with E-state index in [2.05, 4.69) is 209 Å². The summed E-state index contributed by atoms with van der Waals surface area (Å²) in [7, 11) is 0. The maximum atomic E-state index is 8.25. The second-order valence-corrected chi connectivity index (χ2v) is 17.2. The summed E-state index contributed by atoms with van der Waals surface area (Å²) in [5.74, 6) is 1.53. The van der Waals surface area contributed by atoms with Crippen molar-refractivity contribution in [3.63, 3.8) is 0 Å². The average molecular weight is 810 g/mol. The van der Waals surface area contributed by atoms with E-state index in [9.17, 15) is 0 Å². The Kier molecular flexibility index (Phi) is 8.02. The van der Waals surface area contributed by atoms with Gasteiger partial charge in [-0.25, -0.2) is 9.83 Å². The molecule has 7 heteroatoms. The lowest BCUT2D eigenvalue weighted by Gasteiger charge is -2.20. The highest BCUT2D eigenvalue weighted by Gasteiger charge is 2.25. The van der Waals surface area contributed by atoms with Crippen LogP contribution < -0.4 is 0 Å². The van der Waals surface area contributed by atoms with Crippen molar-refractivity contribution in [2.45, 2.75) is 26.2 Å². The Labute approximate surface area is 363 Å². The molecule has 7 nitrogen and oxygen atoms in total. The second-order valence-electron chi connectivity index (χ2n) is 17.2. The van der Waals surface area contributed by atoms with Gasteiger partial charge in [-0.1, -0.05) is 142 Å². The van der Waals surface area contributed by atoms with E-state index in [1.165, 1.54) is 5.56 Å². The number of aromatic nitrogens is 6. The predicted octanol–water partition coefficient (Wildman–Crippen LogP) is 14.3. The number of rotatable bonds is 5. The highest BCUT2D eigenvalue weighted by Crippen LogP contribution is 2.44. The zero-order valence-electron chi connectivity index (χ0n) is 35.0. The van der Waals surface area contributed by atoms with Gasteiger partial charge in [0.1, 0.15) is 0 Å². The van der Waals surface area contributed by atoms with Crippen LogP contribution in [-0.4, -0.2) is 28.7 Å². The van der Waals surface area contributed by atoms with Gasteiger partial charge in [-0.3, -0.25) is 4.57 Å². The van der Waals surface area contributed by atoms with Crippen LogP contribution in [0.3, 0.4) is 0 Å². The minimum atomic E-state index is -0.0931. The molecule has 12 rings (SSSR count). The summed E-state index contributed by atoms with van der Waals surface area (Å²) in [6.07, 6.45) is 0. The standard InChI is InChI=1S/C56H39N7/c1-56(2,3)36-18-16-17-35(33-36)53-58-54(60-55(59-53)63-46-26-13-8-21-39(46)40-22-9-14-27-47(40)63)44-34-37(57-4)29-31-49(44)62-45-25-12-10-23-41(45)42-30-32-50-51(52(42)62)43-24-11-15-28-48(43)61(50)38-19-6-5-7-20-38/h5-34H,1-3H3. The van der Waals surface area contributed by atoms with Gasteiger partial charge in [0, 0.05) is 49.1 Å². The highest BCUT2D eigenvalue weighted by atomic mass is 15.2. The Morgan fingerprint density at radius 2 is 1.05 bits per heavy atom. The van der Waals surface area contributed by atoms with Gasteiger partial charge < -0.3 is 9.13 Å². The Bertz CT molecular complexity index is 3800. The molecular weight excluding hydrogens is 771 g/mol. The first-order chi connectivity index (χ1) is 30.9. The zero-order chi connectivity index (χ0) is 42.4. The third-order valence-corrected chi connectivity index (χ3v) is 12.5. The molecule has 0 spiro atoms. The van der Waals surface area contributed by atoms with Crippen LogP contribution in [-0.2, 0) is 5.41 Å². The van der Waals surface area contributed by atoms with E-state index < -0.39 is 0 Å². The van der Waals surface area contributed by atoms with Gasteiger partial charge >= 0.3 is 0 Å². The molecule has 8 aromatic carbocycles. The molecule has 0 saturated heterocycles. The van der Waals surface area contributed by atoms with Crippen molar-refractivity contribution in [2.24, 2.45) is 0 Å². The fourth-order valence-corrected chi connectivity index (χ4v) is 9.56. The van der Waals surface area contributed by atoms with E-state index in [0.717, 1.165) is 87.9 Å². The van der Waals surface area contributed by atoms with Gasteiger partial charge in [0.25, 0.3) is 0 Å². The van der Waals surface area contributed by atoms with E-state index in [1.54, 1.807) is 0 Å². The molecule has 0 unspecified atom stereocenters. The van der Waals surface area contributed by atoms with Crippen LogP contribution in [0.15, 0.2) is 182 Å². The molecule has 4 aromatic heterocycles. The molecular formula is C56H39N7. The minimum absolute atomic E-state index is 0.0931. The van der Waals surface area contributed by atoms with E-state index >= 15 is 0 Å². The van der Waals surface area contributed by atoms with Crippen molar-refractivity contribution in [3.05, 3.63) is 199 Å². The molecule has 0 radical (unpaired) electrons. The van der Waals surface area contributed by atoms with Crippen molar-refractivity contribution < 1.29 is 0 Å². The maximum absolute atomic E-state index is 8.25. The lowest BCUT2D eigenvalue weighted by Crippen LogP contribution is -2.11. The predicted molar refractivity (Wildman–Crippen MR) is 259 cm³/mol. The van der Waals surface area contributed by atoms with Crippen LogP contribution in [0.1, 0.15) is 26.3 Å². The van der Waals surface area contributed by atoms with Gasteiger partial charge in [-0.05, 0) is 71.6 Å². The monoisotopic (exact) mass is 809 g/mol. The number of nitrogens with zero attached hydrogens (tertiary/aromatic N) is 7. The summed E-state index contributed by atoms with van der Waals surface area (Å²) in [6, 6.07) is 63.6. The summed E-state index contributed by atoms with van der Waals surface area (Å²) in [5.41, 5.74) is 11.5. The first-order valence-electron chi connectivity index (χ1n) is 21.2. The van der Waals surface area contributed by atoms with Gasteiger partial charge in [0.05, 0.1) is 45.4 Å². The summed E-state index contributed by atoms with van der Waals surface area (Å²) in [5, 5.41) is 6.80. The second kappa shape index (κ2) is 13.8. The quantitative estimate of drug-likeness (QED) is 0.163. The van der Waals surface area contributed by atoms with Crippen LogP contribution >= 0.6 is 0 Å². The fourth-order valence-electron chi connectivity index (χ4n) is 9.56. The first kappa shape index (κ1) is 36.5. The fraction of sp³-hybridized carbons (Fsp3) is 0.0714. The Morgan fingerprint density at radius 1 is 0.460 bits per heavy atom. The van der Waals surface area contributed by atoms with Crippen molar-refractivity contribution >= 4 is 71.1 Å². The van der Waals surface area contributed by atoms with E-state index in [4.69, 9.17) is 21.5 Å². The normalized spacial score (nSPS) is 12.0. The Hall–Kier alpha value is -8.34. The Balaban J connectivity index is 1.21. The van der Waals surface area contributed by atoms with Gasteiger partial charge in [0.2, 0.25) is 5.95 Å². The zero-order valence-corrected chi connectivity index (χ0v) is 35.0. The van der Waals surface area contributed by atoms with Gasteiger partial charge in [-0.2, -0.15) is 9.97 Å². The van der Waals surface area contributed by atoms with Crippen LogP contribution in [0.5, 0.6) is 0 Å². The summed E-state index contributed by atoms with van der Waals surface area (Å²) >= 11 is 0. The van der Waals surface area contributed by atoms with E-state index in [-0.39, 0.29) is 5.41 Å². The van der Waals surface area contributed by atoms with E-state index in [0.29, 0.717) is 23.3 Å². The third-order valence-electron chi connectivity index (χ3n) is 12.5. The third kappa shape index (κ3) is 5.62. The topological polar surface area (TPSA) is 57.8 Å². The molecule has 0 N–H and O–H groups in total. The number of benzene rings is 8. The van der Waals surface area contributed by atoms with Crippen LogP contribution in [0.25, 0.3) is 110 Å². The molecule has 0 saturated carbocycles. The average Bonchev–Trinajstić information content (AvgIpc) is 3.97. The summed E-state index contributed by atoms with van der Waals surface area (Å²) in [6.45, 7) is 14.9.